The molecule has 0 radical (unpaired) electrons. The average molecular weight is 487 g/mol. The average Bonchev–Trinajstić information content (AvgIpc) is 3.45. The Bertz CT molecular complexity index is 1310. The first-order valence-electron chi connectivity index (χ1n) is 10.7. The summed E-state index contributed by atoms with van der Waals surface area (Å²) in [5.41, 5.74) is 1.76. The Morgan fingerprint density at radius 2 is 1.91 bits per heavy atom. The summed E-state index contributed by atoms with van der Waals surface area (Å²) in [6.07, 6.45) is 3.44. The van der Waals surface area contributed by atoms with E-state index in [1.807, 2.05) is 17.9 Å². The van der Waals surface area contributed by atoms with Crippen LogP contribution in [0.1, 0.15) is 23.9 Å². The standard InChI is InChI=1S/C23H21F3N6OS/c1-14-10-19(27-12-14)28-20-18-11-15(21(34)31-6-8-33-9-7-31)13-32(18)30-22(29-20)23(25,26)16-2-4-17(24)5-3-16/h2-5,10-11,13H,6-9,12H2,1H3,(H,27,28,29,30). The van der Waals surface area contributed by atoms with Crippen LogP contribution in [0, 0.1) is 5.82 Å². The smallest absolute Gasteiger partial charge is 0.333 e. The molecule has 176 valence electrons. The van der Waals surface area contributed by atoms with Gasteiger partial charge >= 0.3 is 5.92 Å². The maximum absolute atomic E-state index is 15.4. The highest BCUT2D eigenvalue weighted by Crippen LogP contribution is 2.35. The number of nitrogens with one attached hydrogen (secondary N) is 1. The maximum atomic E-state index is 15.4. The molecule has 0 aliphatic carbocycles. The van der Waals surface area contributed by atoms with Crippen molar-refractivity contribution >= 4 is 34.4 Å². The Balaban J connectivity index is 1.59. The minimum absolute atomic E-state index is 0.174. The van der Waals surface area contributed by atoms with Gasteiger partial charge in [-0.05, 0) is 48.9 Å². The molecule has 11 heteroatoms. The number of anilines is 1. The van der Waals surface area contributed by atoms with Crippen LogP contribution in [0.4, 0.5) is 19.0 Å². The topological polar surface area (TPSA) is 67.0 Å². The Morgan fingerprint density at radius 1 is 1.18 bits per heavy atom. The van der Waals surface area contributed by atoms with Crippen molar-refractivity contribution < 1.29 is 17.9 Å². The summed E-state index contributed by atoms with van der Waals surface area (Å²) in [5.74, 6) is -4.20. The summed E-state index contributed by atoms with van der Waals surface area (Å²) in [4.78, 5) is 11.1. The normalized spacial score (nSPS) is 16.5. The SMILES string of the molecule is CC1=CC(Nc2nc(C(F)(F)c3ccc(F)cc3)nn3cc(C(=S)N4CCOCC4)cc23)=NC1. The molecule has 7 nitrogen and oxygen atoms in total. The quantitative estimate of drug-likeness (QED) is 0.567. The molecule has 1 aromatic carbocycles. The number of hydrogen-bond donors (Lipinski definition) is 1. The molecule has 1 saturated heterocycles. The molecule has 3 aromatic rings. The summed E-state index contributed by atoms with van der Waals surface area (Å²) in [6.45, 7) is 4.89. The van der Waals surface area contributed by atoms with E-state index < -0.39 is 23.1 Å². The summed E-state index contributed by atoms with van der Waals surface area (Å²) < 4.78 is 50.8. The van der Waals surface area contributed by atoms with Crippen LogP contribution in [0.15, 0.2) is 53.2 Å². The number of amidine groups is 1. The lowest BCUT2D eigenvalue weighted by Gasteiger charge is -2.28. The molecule has 2 aliphatic heterocycles. The Kier molecular flexibility index (Phi) is 5.82. The predicted molar refractivity (Wildman–Crippen MR) is 126 cm³/mol. The van der Waals surface area contributed by atoms with Gasteiger partial charge < -0.3 is 15.0 Å². The number of benzene rings is 1. The molecule has 0 spiro atoms. The first kappa shape index (κ1) is 22.5. The van der Waals surface area contributed by atoms with Gasteiger partial charge in [0.15, 0.2) is 5.82 Å². The largest absolute Gasteiger partial charge is 0.378 e. The molecule has 2 aromatic heterocycles. The van der Waals surface area contributed by atoms with Crippen molar-refractivity contribution in [3.63, 3.8) is 0 Å². The third-order valence-electron chi connectivity index (χ3n) is 5.62. The number of nitrogens with zero attached hydrogens (tertiary/aromatic N) is 5. The fourth-order valence-corrected chi connectivity index (χ4v) is 4.10. The summed E-state index contributed by atoms with van der Waals surface area (Å²) in [6, 6.07) is 5.79. The Labute approximate surface area is 199 Å². The second-order valence-electron chi connectivity index (χ2n) is 8.15. The third-order valence-corrected chi connectivity index (χ3v) is 6.12. The van der Waals surface area contributed by atoms with Crippen molar-refractivity contribution in [2.75, 3.05) is 38.2 Å². The second-order valence-corrected chi connectivity index (χ2v) is 8.53. The highest BCUT2D eigenvalue weighted by atomic mass is 32.1. The van der Waals surface area contributed by atoms with Crippen LogP contribution in [0.5, 0.6) is 0 Å². The van der Waals surface area contributed by atoms with Crippen molar-refractivity contribution in [3.05, 3.63) is 70.9 Å². The van der Waals surface area contributed by atoms with Crippen LogP contribution in [0.25, 0.3) is 5.52 Å². The number of aliphatic imine (C=N–C) groups is 1. The van der Waals surface area contributed by atoms with Gasteiger partial charge in [0, 0.05) is 30.4 Å². The number of morpholine rings is 1. The van der Waals surface area contributed by atoms with Gasteiger partial charge in [-0.1, -0.05) is 12.2 Å². The molecule has 34 heavy (non-hydrogen) atoms. The monoisotopic (exact) mass is 486 g/mol. The van der Waals surface area contributed by atoms with Crippen molar-refractivity contribution in [1.29, 1.82) is 0 Å². The molecule has 0 atom stereocenters. The number of aromatic nitrogens is 3. The molecule has 1 fully saturated rings. The molecule has 5 rings (SSSR count). The van der Waals surface area contributed by atoms with E-state index in [1.165, 1.54) is 4.52 Å². The minimum atomic E-state index is -3.56. The Hall–Kier alpha value is -3.31. The van der Waals surface area contributed by atoms with Crippen molar-refractivity contribution in [2.24, 2.45) is 4.99 Å². The zero-order valence-corrected chi connectivity index (χ0v) is 19.1. The lowest BCUT2D eigenvalue weighted by molar-refractivity contribution is 0.0315. The van der Waals surface area contributed by atoms with Crippen LogP contribution in [0.2, 0.25) is 0 Å². The fraction of sp³-hybridized carbons (Fsp3) is 0.304. The van der Waals surface area contributed by atoms with Crippen molar-refractivity contribution in [1.82, 2.24) is 19.5 Å². The highest BCUT2D eigenvalue weighted by molar-refractivity contribution is 7.80. The number of ether oxygens (including phenoxy) is 1. The van der Waals surface area contributed by atoms with E-state index in [-0.39, 0.29) is 5.82 Å². The van der Waals surface area contributed by atoms with Gasteiger partial charge in [0.25, 0.3) is 0 Å². The molecule has 2 aliphatic rings. The predicted octanol–water partition coefficient (Wildman–Crippen LogP) is 3.79. The van der Waals surface area contributed by atoms with Gasteiger partial charge in [-0.3, -0.25) is 4.99 Å². The summed E-state index contributed by atoms with van der Waals surface area (Å²) in [7, 11) is 0. The van der Waals surface area contributed by atoms with Crippen LogP contribution in [-0.2, 0) is 10.7 Å². The summed E-state index contributed by atoms with van der Waals surface area (Å²) in [5, 5.41) is 7.16. The molecule has 1 N–H and O–H groups in total. The van der Waals surface area contributed by atoms with E-state index in [9.17, 15) is 4.39 Å². The van der Waals surface area contributed by atoms with Gasteiger partial charge in [0.1, 0.15) is 22.2 Å². The molecule has 0 saturated carbocycles. The maximum Gasteiger partial charge on any atom is 0.333 e. The van der Waals surface area contributed by atoms with E-state index in [0.29, 0.717) is 54.8 Å². The van der Waals surface area contributed by atoms with Crippen LogP contribution < -0.4 is 5.32 Å². The zero-order chi connectivity index (χ0) is 23.9. The summed E-state index contributed by atoms with van der Waals surface area (Å²) >= 11 is 5.65. The molecule has 4 heterocycles. The number of hydrogen-bond acceptors (Lipinski definition) is 6. The van der Waals surface area contributed by atoms with Gasteiger partial charge in [-0.15, -0.1) is 5.10 Å². The lowest BCUT2D eigenvalue weighted by Crippen LogP contribution is -2.40. The number of alkyl halides is 2. The van der Waals surface area contributed by atoms with E-state index in [0.717, 1.165) is 29.8 Å². The first-order chi connectivity index (χ1) is 16.3. The molecule has 0 amide bonds. The van der Waals surface area contributed by atoms with Crippen LogP contribution in [-0.4, -0.2) is 63.2 Å². The van der Waals surface area contributed by atoms with E-state index in [4.69, 9.17) is 17.0 Å². The third kappa shape index (κ3) is 4.28. The van der Waals surface area contributed by atoms with Gasteiger partial charge in [0.05, 0.1) is 19.8 Å². The zero-order valence-electron chi connectivity index (χ0n) is 18.3. The van der Waals surface area contributed by atoms with Gasteiger partial charge in [0.2, 0.25) is 5.82 Å². The Morgan fingerprint density at radius 3 is 2.59 bits per heavy atom. The van der Waals surface area contributed by atoms with Crippen molar-refractivity contribution in [2.45, 2.75) is 12.8 Å². The van der Waals surface area contributed by atoms with E-state index in [2.05, 4.69) is 20.4 Å². The minimum Gasteiger partial charge on any atom is -0.378 e. The van der Waals surface area contributed by atoms with Gasteiger partial charge in [-0.2, -0.15) is 8.78 Å². The molecular formula is C23H21F3N6OS. The first-order valence-corrected chi connectivity index (χ1v) is 11.1. The van der Waals surface area contributed by atoms with E-state index >= 15 is 8.78 Å². The highest BCUT2D eigenvalue weighted by Gasteiger charge is 2.39. The number of rotatable bonds is 4. The number of fused-ring (bicyclic) bond motifs is 1. The lowest BCUT2D eigenvalue weighted by atomic mass is 10.1. The molecular weight excluding hydrogens is 465 g/mol. The van der Waals surface area contributed by atoms with Gasteiger partial charge in [-0.25, -0.2) is 13.9 Å². The van der Waals surface area contributed by atoms with Crippen LogP contribution in [0.3, 0.4) is 0 Å². The fourth-order valence-electron chi connectivity index (χ4n) is 3.81. The van der Waals surface area contributed by atoms with Crippen molar-refractivity contribution in [3.8, 4) is 0 Å². The van der Waals surface area contributed by atoms with E-state index in [1.54, 1.807) is 12.3 Å². The number of halogens is 3. The molecule has 0 unspecified atom stereocenters. The molecule has 0 bridgehead atoms. The van der Waals surface area contributed by atoms with Crippen LogP contribution >= 0.6 is 12.2 Å². The second kappa shape index (κ2) is 8.80. The number of thiocarbonyl (C=S) groups is 1.